The van der Waals surface area contributed by atoms with Crippen LogP contribution in [0.15, 0.2) is 22.7 Å². The molecular formula is C11H13BrO4. The third-order valence-electron chi connectivity index (χ3n) is 2.28. The lowest BCUT2D eigenvalue weighted by atomic mass is 9.95. The van der Waals surface area contributed by atoms with Crippen molar-refractivity contribution in [2.24, 2.45) is 0 Å². The SMILES string of the molecule is COc1ccc(Br)cc1C(CCO)C(=O)O. The summed E-state index contributed by atoms with van der Waals surface area (Å²) in [7, 11) is 1.49. The number of hydrogen-bond donors (Lipinski definition) is 2. The second-order valence-electron chi connectivity index (χ2n) is 3.29. The Morgan fingerprint density at radius 2 is 2.25 bits per heavy atom. The number of rotatable bonds is 5. The van der Waals surface area contributed by atoms with Gasteiger partial charge in [0.25, 0.3) is 0 Å². The summed E-state index contributed by atoms with van der Waals surface area (Å²) < 4.78 is 5.90. The lowest BCUT2D eigenvalue weighted by molar-refractivity contribution is -0.139. The van der Waals surface area contributed by atoms with E-state index in [0.29, 0.717) is 11.3 Å². The minimum atomic E-state index is -0.967. The first kappa shape index (κ1) is 13.0. The Kier molecular flexibility index (Phi) is 4.76. The van der Waals surface area contributed by atoms with Crippen LogP contribution in [0.3, 0.4) is 0 Å². The molecular weight excluding hydrogens is 276 g/mol. The monoisotopic (exact) mass is 288 g/mol. The summed E-state index contributed by atoms with van der Waals surface area (Å²) in [5.41, 5.74) is 0.568. The molecule has 0 heterocycles. The molecule has 0 bridgehead atoms. The third kappa shape index (κ3) is 2.96. The number of aliphatic hydroxyl groups is 1. The van der Waals surface area contributed by atoms with Gasteiger partial charge in [0.2, 0.25) is 0 Å². The molecule has 0 aliphatic rings. The van der Waals surface area contributed by atoms with Crippen LogP contribution in [0, 0.1) is 0 Å². The molecule has 0 spiro atoms. The molecule has 4 nitrogen and oxygen atoms in total. The second kappa shape index (κ2) is 5.86. The molecule has 1 aromatic carbocycles. The summed E-state index contributed by atoms with van der Waals surface area (Å²) in [5.74, 6) is -1.20. The quantitative estimate of drug-likeness (QED) is 0.870. The fourth-order valence-electron chi connectivity index (χ4n) is 1.52. The highest BCUT2D eigenvalue weighted by Gasteiger charge is 2.23. The zero-order chi connectivity index (χ0) is 12.1. The molecule has 1 atom stereocenters. The Labute approximate surface area is 102 Å². The minimum Gasteiger partial charge on any atom is -0.496 e. The minimum absolute atomic E-state index is 0.169. The number of ether oxygens (including phenoxy) is 1. The molecule has 1 unspecified atom stereocenters. The van der Waals surface area contributed by atoms with Crippen LogP contribution >= 0.6 is 15.9 Å². The Hall–Kier alpha value is -1.07. The van der Waals surface area contributed by atoms with E-state index in [9.17, 15) is 4.79 Å². The largest absolute Gasteiger partial charge is 0.496 e. The summed E-state index contributed by atoms with van der Waals surface area (Å²) in [6.07, 6.45) is 0.169. The van der Waals surface area contributed by atoms with Gasteiger partial charge in [-0.1, -0.05) is 15.9 Å². The van der Waals surface area contributed by atoms with Crippen LogP contribution in [0.1, 0.15) is 17.9 Å². The van der Waals surface area contributed by atoms with Gasteiger partial charge >= 0.3 is 5.97 Å². The van der Waals surface area contributed by atoms with Crippen molar-refractivity contribution in [3.05, 3.63) is 28.2 Å². The summed E-state index contributed by atoms with van der Waals surface area (Å²) in [6.45, 7) is -0.174. The maximum atomic E-state index is 11.1. The number of aliphatic carboxylic acids is 1. The highest BCUT2D eigenvalue weighted by Crippen LogP contribution is 2.31. The molecule has 0 aromatic heterocycles. The van der Waals surface area contributed by atoms with Crippen molar-refractivity contribution in [2.45, 2.75) is 12.3 Å². The van der Waals surface area contributed by atoms with E-state index >= 15 is 0 Å². The van der Waals surface area contributed by atoms with Gasteiger partial charge in [-0.2, -0.15) is 0 Å². The molecule has 0 amide bonds. The number of benzene rings is 1. The molecule has 0 aliphatic heterocycles. The van der Waals surface area contributed by atoms with Gasteiger partial charge < -0.3 is 14.9 Å². The highest BCUT2D eigenvalue weighted by molar-refractivity contribution is 9.10. The number of aliphatic hydroxyl groups excluding tert-OH is 1. The summed E-state index contributed by atoms with van der Waals surface area (Å²) in [6, 6.07) is 5.18. The number of hydrogen-bond acceptors (Lipinski definition) is 3. The zero-order valence-electron chi connectivity index (χ0n) is 8.81. The Morgan fingerprint density at radius 3 is 2.75 bits per heavy atom. The second-order valence-corrected chi connectivity index (χ2v) is 4.21. The number of methoxy groups -OCH3 is 1. The van der Waals surface area contributed by atoms with E-state index in [4.69, 9.17) is 14.9 Å². The van der Waals surface area contributed by atoms with Crippen molar-refractivity contribution in [3.8, 4) is 5.75 Å². The van der Waals surface area contributed by atoms with Crippen LogP contribution < -0.4 is 4.74 Å². The molecule has 16 heavy (non-hydrogen) atoms. The summed E-state index contributed by atoms with van der Waals surface area (Å²) >= 11 is 3.28. The van der Waals surface area contributed by atoms with E-state index in [-0.39, 0.29) is 13.0 Å². The fourth-order valence-corrected chi connectivity index (χ4v) is 1.90. The predicted octanol–water partition coefficient (Wildman–Crippen LogP) is 2.01. The number of carboxylic acids is 1. The van der Waals surface area contributed by atoms with Crippen molar-refractivity contribution in [1.82, 2.24) is 0 Å². The molecule has 0 saturated heterocycles. The molecule has 0 saturated carbocycles. The van der Waals surface area contributed by atoms with Crippen molar-refractivity contribution in [2.75, 3.05) is 13.7 Å². The van der Waals surface area contributed by atoms with Crippen LogP contribution in [-0.4, -0.2) is 29.9 Å². The van der Waals surface area contributed by atoms with E-state index in [2.05, 4.69) is 15.9 Å². The van der Waals surface area contributed by atoms with E-state index in [1.165, 1.54) is 7.11 Å². The zero-order valence-corrected chi connectivity index (χ0v) is 10.4. The van der Waals surface area contributed by atoms with E-state index < -0.39 is 11.9 Å². The van der Waals surface area contributed by atoms with Crippen LogP contribution in [-0.2, 0) is 4.79 Å². The van der Waals surface area contributed by atoms with Crippen molar-refractivity contribution in [1.29, 1.82) is 0 Å². The summed E-state index contributed by atoms with van der Waals surface area (Å²) in [5, 5.41) is 18.0. The van der Waals surface area contributed by atoms with Crippen LogP contribution in [0.25, 0.3) is 0 Å². The molecule has 1 aromatic rings. The number of carboxylic acid groups (broad SMARTS) is 1. The van der Waals surface area contributed by atoms with Gasteiger partial charge in [0.15, 0.2) is 0 Å². The number of carbonyl (C=O) groups is 1. The first-order valence-corrected chi connectivity index (χ1v) is 5.56. The lowest BCUT2D eigenvalue weighted by Crippen LogP contribution is -2.14. The average molecular weight is 289 g/mol. The molecule has 2 N–H and O–H groups in total. The van der Waals surface area contributed by atoms with E-state index in [1.807, 2.05) is 0 Å². The Balaban J connectivity index is 3.15. The molecule has 0 fully saturated rings. The fraction of sp³-hybridized carbons (Fsp3) is 0.364. The van der Waals surface area contributed by atoms with Gasteiger partial charge in [-0.05, 0) is 24.6 Å². The van der Waals surface area contributed by atoms with Gasteiger partial charge in [-0.3, -0.25) is 4.79 Å². The molecule has 0 aliphatic carbocycles. The van der Waals surface area contributed by atoms with Crippen molar-refractivity contribution in [3.63, 3.8) is 0 Å². The molecule has 1 rings (SSSR count). The smallest absolute Gasteiger partial charge is 0.311 e. The Morgan fingerprint density at radius 1 is 1.56 bits per heavy atom. The van der Waals surface area contributed by atoms with Crippen LogP contribution in [0.4, 0.5) is 0 Å². The third-order valence-corrected chi connectivity index (χ3v) is 2.78. The van der Waals surface area contributed by atoms with Gasteiger partial charge in [-0.25, -0.2) is 0 Å². The Bertz CT molecular complexity index is 378. The van der Waals surface area contributed by atoms with Gasteiger partial charge in [-0.15, -0.1) is 0 Å². The maximum absolute atomic E-state index is 11.1. The van der Waals surface area contributed by atoms with Gasteiger partial charge in [0.1, 0.15) is 5.75 Å². The topological polar surface area (TPSA) is 66.8 Å². The number of halogens is 1. The van der Waals surface area contributed by atoms with Crippen molar-refractivity contribution < 1.29 is 19.7 Å². The molecule has 0 radical (unpaired) electrons. The lowest BCUT2D eigenvalue weighted by Gasteiger charge is -2.15. The standard InChI is InChI=1S/C11H13BrO4/c1-16-10-3-2-7(12)6-9(10)8(4-5-13)11(14)15/h2-3,6,8,13H,4-5H2,1H3,(H,14,15). The first-order chi connectivity index (χ1) is 7.60. The molecule has 5 heteroatoms. The molecule has 88 valence electrons. The van der Waals surface area contributed by atoms with E-state index in [1.54, 1.807) is 18.2 Å². The first-order valence-electron chi connectivity index (χ1n) is 4.77. The van der Waals surface area contributed by atoms with Crippen LogP contribution in [0.5, 0.6) is 5.75 Å². The van der Waals surface area contributed by atoms with E-state index in [0.717, 1.165) is 4.47 Å². The summed E-state index contributed by atoms with van der Waals surface area (Å²) in [4.78, 5) is 11.1. The van der Waals surface area contributed by atoms with Gasteiger partial charge in [0.05, 0.1) is 13.0 Å². The van der Waals surface area contributed by atoms with Crippen LogP contribution in [0.2, 0.25) is 0 Å². The normalized spacial score (nSPS) is 12.2. The average Bonchev–Trinajstić information content (AvgIpc) is 2.25. The predicted molar refractivity (Wildman–Crippen MR) is 62.8 cm³/mol. The highest BCUT2D eigenvalue weighted by atomic mass is 79.9. The van der Waals surface area contributed by atoms with Gasteiger partial charge in [0, 0.05) is 16.6 Å². The maximum Gasteiger partial charge on any atom is 0.311 e. The van der Waals surface area contributed by atoms with Crippen molar-refractivity contribution >= 4 is 21.9 Å².